The summed E-state index contributed by atoms with van der Waals surface area (Å²) in [6, 6.07) is 13.4. The summed E-state index contributed by atoms with van der Waals surface area (Å²) < 4.78 is 24.0. The van der Waals surface area contributed by atoms with E-state index >= 15 is 0 Å². The van der Waals surface area contributed by atoms with E-state index in [1.807, 2.05) is 30.3 Å². The number of carbonyl (C=O) groups excluding carboxylic acids is 1. The maximum absolute atomic E-state index is 13.6. The fraction of sp³-hybridized carbons (Fsp3) is 0.118. The first-order valence-corrected chi connectivity index (χ1v) is 8.04. The molecule has 1 heterocycles. The monoisotopic (exact) mass is 344 g/mol. The van der Waals surface area contributed by atoms with Crippen molar-refractivity contribution in [3.05, 3.63) is 59.9 Å². The lowest BCUT2D eigenvalue weighted by Crippen LogP contribution is -2.03. The van der Waals surface area contributed by atoms with Crippen LogP contribution >= 0.6 is 11.8 Å². The van der Waals surface area contributed by atoms with Gasteiger partial charge in [-0.05, 0) is 30.3 Å². The summed E-state index contributed by atoms with van der Waals surface area (Å²) in [5, 5.41) is 8.14. The van der Waals surface area contributed by atoms with Crippen molar-refractivity contribution in [3.8, 4) is 17.2 Å². The first-order chi connectivity index (χ1) is 11.7. The van der Waals surface area contributed by atoms with Gasteiger partial charge in [0.2, 0.25) is 5.89 Å². The second-order valence-corrected chi connectivity index (χ2v) is 5.73. The minimum atomic E-state index is -0.572. The molecule has 0 spiro atoms. The predicted octanol–water partition coefficient (Wildman–Crippen LogP) is 3.86. The molecule has 3 aromatic rings. The first kappa shape index (κ1) is 16.2. The molecule has 0 saturated heterocycles. The SMILES string of the molecule is COc1ccc(C(=O)CSc2nnc(-c3ccccc3)o2)cc1F. The van der Waals surface area contributed by atoms with Gasteiger partial charge >= 0.3 is 0 Å². The van der Waals surface area contributed by atoms with Crippen LogP contribution in [0.3, 0.4) is 0 Å². The first-order valence-electron chi connectivity index (χ1n) is 7.06. The van der Waals surface area contributed by atoms with E-state index in [0.29, 0.717) is 5.89 Å². The topological polar surface area (TPSA) is 65.2 Å². The van der Waals surface area contributed by atoms with Crippen molar-refractivity contribution in [2.45, 2.75) is 5.22 Å². The molecule has 0 bridgehead atoms. The van der Waals surface area contributed by atoms with E-state index in [1.165, 1.54) is 19.2 Å². The second kappa shape index (κ2) is 7.27. The van der Waals surface area contributed by atoms with E-state index in [4.69, 9.17) is 9.15 Å². The van der Waals surface area contributed by atoms with E-state index in [2.05, 4.69) is 10.2 Å². The maximum atomic E-state index is 13.6. The van der Waals surface area contributed by atoms with Crippen LogP contribution in [-0.4, -0.2) is 28.8 Å². The molecule has 7 heteroatoms. The van der Waals surface area contributed by atoms with Gasteiger partial charge in [-0.3, -0.25) is 4.79 Å². The minimum Gasteiger partial charge on any atom is -0.494 e. The van der Waals surface area contributed by atoms with E-state index < -0.39 is 5.82 Å². The van der Waals surface area contributed by atoms with Crippen molar-refractivity contribution in [1.82, 2.24) is 10.2 Å². The molecule has 0 amide bonds. The van der Waals surface area contributed by atoms with Gasteiger partial charge in [-0.1, -0.05) is 30.0 Å². The molecular formula is C17H13FN2O3S. The van der Waals surface area contributed by atoms with Gasteiger partial charge in [0.15, 0.2) is 17.3 Å². The summed E-state index contributed by atoms with van der Waals surface area (Å²) in [5.41, 5.74) is 1.07. The molecule has 0 atom stereocenters. The molecule has 0 radical (unpaired) electrons. The van der Waals surface area contributed by atoms with Gasteiger partial charge in [-0.25, -0.2) is 4.39 Å². The average Bonchev–Trinajstić information content (AvgIpc) is 3.09. The Hall–Kier alpha value is -2.67. The number of halogens is 1. The molecular weight excluding hydrogens is 331 g/mol. The summed E-state index contributed by atoms with van der Waals surface area (Å²) in [7, 11) is 1.37. The Morgan fingerprint density at radius 2 is 2.00 bits per heavy atom. The lowest BCUT2D eigenvalue weighted by Gasteiger charge is -2.03. The van der Waals surface area contributed by atoms with Crippen LogP contribution in [0, 0.1) is 5.82 Å². The summed E-state index contributed by atoms with van der Waals surface area (Å²) in [4.78, 5) is 12.1. The number of carbonyl (C=O) groups is 1. The Morgan fingerprint density at radius 1 is 1.21 bits per heavy atom. The summed E-state index contributed by atoms with van der Waals surface area (Å²) >= 11 is 1.11. The van der Waals surface area contributed by atoms with Crippen LogP contribution in [-0.2, 0) is 0 Å². The number of benzene rings is 2. The summed E-state index contributed by atoms with van der Waals surface area (Å²) in [5.74, 6) is -0.245. The van der Waals surface area contributed by atoms with Crippen molar-refractivity contribution < 1.29 is 18.3 Å². The van der Waals surface area contributed by atoms with Crippen LogP contribution in [0.15, 0.2) is 58.2 Å². The molecule has 0 aliphatic rings. The van der Waals surface area contributed by atoms with Gasteiger partial charge in [0.1, 0.15) is 0 Å². The van der Waals surface area contributed by atoms with Crippen molar-refractivity contribution in [2.75, 3.05) is 12.9 Å². The summed E-state index contributed by atoms with van der Waals surface area (Å²) in [6.45, 7) is 0. The summed E-state index contributed by atoms with van der Waals surface area (Å²) in [6.07, 6.45) is 0. The quantitative estimate of drug-likeness (QED) is 0.500. The molecule has 0 aliphatic carbocycles. The Labute approximate surface area is 141 Å². The Kier molecular flexibility index (Phi) is 4.90. The third-order valence-electron chi connectivity index (χ3n) is 3.23. The Balaban J connectivity index is 1.65. The fourth-order valence-electron chi connectivity index (χ4n) is 2.02. The highest BCUT2D eigenvalue weighted by molar-refractivity contribution is 7.99. The molecule has 24 heavy (non-hydrogen) atoms. The number of rotatable bonds is 6. The number of hydrogen-bond acceptors (Lipinski definition) is 6. The number of nitrogens with zero attached hydrogens (tertiary/aromatic N) is 2. The zero-order valence-corrected chi connectivity index (χ0v) is 13.5. The van der Waals surface area contributed by atoms with Crippen molar-refractivity contribution >= 4 is 17.5 Å². The molecule has 0 saturated carbocycles. The highest BCUT2D eigenvalue weighted by Gasteiger charge is 2.14. The van der Waals surface area contributed by atoms with Gasteiger partial charge in [0.05, 0.1) is 12.9 Å². The highest BCUT2D eigenvalue weighted by atomic mass is 32.2. The van der Waals surface area contributed by atoms with Crippen LogP contribution < -0.4 is 4.74 Å². The van der Waals surface area contributed by atoms with Gasteiger partial charge in [-0.2, -0.15) is 0 Å². The van der Waals surface area contributed by atoms with E-state index in [1.54, 1.807) is 0 Å². The standard InChI is InChI=1S/C17H13FN2O3S/c1-22-15-8-7-12(9-13(15)18)14(21)10-24-17-20-19-16(23-17)11-5-3-2-4-6-11/h2-9H,10H2,1H3. The number of Topliss-reactive ketones (excluding diaryl/α,β-unsaturated/α-hetero) is 1. The third-order valence-corrected chi connectivity index (χ3v) is 4.05. The van der Waals surface area contributed by atoms with Crippen LogP contribution in [0.25, 0.3) is 11.5 Å². The Bertz CT molecular complexity index is 852. The van der Waals surface area contributed by atoms with Crippen LogP contribution in [0.1, 0.15) is 10.4 Å². The molecule has 0 unspecified atom stereocenters. The number of hydrogen-bond donors (Lipinski definition) is 0. The van der Waals surface area contributed by atoms with Crippen molar-refractivity contribution in [2.24, 2.45) is 0 Å². The molecule has 0 fully saturated rings. The molecule has 0 aliphatic heterocycles. The maximum Gasteiger partial charge on any atom is 0.277 e. The zero-order valence-electron chi connectivity index (χ0n) is 12.7. The minimum absolute atomic E-state index is 0.0716. The van der Waals surface area contributed by atoms with E-state index in [-0.39, 0.29) is 28.1 Å². The van der Waals surface area contributed by atoms with Gasteiger partial charge < -0.3 is 9.15 Å². The predicted molar refractivity (Wildman–Crippen MR) is 87.7 cm³/mol. The molecule has 1 aromatic heterocycles. The molecule has 2 aromatic carbocycles. The van der Waals surface area contributed by atoms with E-state index in [9.17, 15) is 9.18 Å². The smallest absolute Gasteiger partial charge is 0.277 e. The molecule has 5 nitrogen and oxygen atoms in total. The van der Waals surface area contributed by atoms with Crippen LogP contribution in [0.4, 0.5) is 4.39 Å². The number of aromatic nitrogens is 2. The van der Waals surface area contributed by atoms with Crippen molar-refractivity contribution in [3.63, 3.8) is 0 Å². The van der Waals surface area contributed by atoms with Crippen LogP contribution in [0.2, 0.25) is 0 Å². The number of thioether (sulfide) groups is 1. The van der Waals surface area contributed by atoms with Gasteiger partial charge in [-0.15, -0.1) is 10.2 Å². The average molecular weight is 344 g/mol. The van der Waals surface area contributed by atoms with Crippen LogP contribution in [0.5, 0.6) is 5.75 Å². The lowest BCUT2D eigenvalue weighted by molar-refractivity contribution is 0.102. The van der Waals surface area contributed by atoms with Crippen molar-refractivity contribution in [1.29, 1.82) is 0 Å². The lowest BCUT2D eigenvalue weighted by atomic mass is 10.1. The van der Waals surface area contributed by atoms with E-state index in [0.717, 1.165) is 23.4 Å². The number of ether oxygens (including phenoxy) is 1. The normalized spacial score (nSPS) is 10.6. The third kappa shape index (κ3) is 3.62. The zero-order chi connectivity index (χ0) is 16.9. The fourth-order valence-corrected chi connectivity index (χ4v) is 2.67. The number of ketones is 1. The number of methoxy groups -OCH3 is 1. The second-order valence-electron chi connectivity index (χ2n) is 4.80. The molecule has 122 valence electrons. The Morgan fingerprint density at radius 3 is 2.71 bits per heavy atom. The van der Waals surface area contributed by atoms with Gasteiger partial charge in [0, 0.05) is 11.1 Å². The largest absolute Gasteiger partial charge is 0.494 e. The highest BCUT2D eigenvalue weighted by Crippen LogP contribution is 2.24. The van der Waals surface area contributed by atoms with Gasteiger partial charge in [0.25, 0.3) is 5.22 Å². The molecule has 3 rings (SSSR count). The molecule has 0 N–H and O–H groups in total.